The molecule has 0 fully saturated rings. The Morgan fingerprint density at radius 1 is 1.11 bits per heavy atom. The maximum atomic E-state index is 13.0. The van der Waals surface area contributed by atoms with Crippen molar-refractivity contribution in [1.82, 2.24) is 0 Å². The van der Waals surface area contributed by atoms with Crippen LogP contribution in [-0.2, 0) is 4.79 Å². The number of amides is 1. The minimum absolute atomic E-state index is 0.136. The first-order chi connectivity index (χ1) is 13.4. The molecule has 0 aliphatic carbocycles. The zero-order valence-corrected chi connectivity index (χ0v) is 17.0. The van der Waals surface area contributed by atoms with Crippen molar-refractivity contribution in [3.63, 3.8) is 0 Å². The molecule has 0 spiro atoms. The third-order valence-corrected chi connectivity index (χ3v) is 4.67. The normalized spacial score (nSPS) is 15.4. The zero-order chi connectivity index (χ0) is 20.3. The molecule has 0 aromatic heterocycles. The number of anilines is 1. The molecule has 146 valence electrons. The molecule has 5 nitrogen and oxygen atoms in total. The summed E-state index contributed by atoms with van der Waals surface area (Å²) in [5.74, 6) is 1.63. The summed E-state index contributed by atoms with van der Waals surface area (Å²) in [6.07, 6.45) is 1.84. The number of hydrogen-bond acceptors (Lipinski definition) is 4. The highest BCUT2D eigenvalue weighted by Gasteiger charge is 2.28. The first-order valence-electron chi connectivity index (χ1n) is 9.47. The maximum absolute atomic E-state index is 13.0. The van der Waals surface area contributed by atoms with Gasteiger partial charge in [-0.05, 0) is 61.2 Å². The summed E-state index contributed by atoms with van der Waals surface area (Å²) in [5, 5.41) is 5.91. The summed E-state index contributed by atoms with van der Waals surface area (Å²) in [4.78, 5) is 13.0. The Balaban J connectivity index is 1.88. The lowest BCUT2D eigenvalue weighted by molar-refractivity contribution is -0.114. The van der Waals surface area contributed by atoms with Gasteiger partial charge in [-0.2, -0.15) is 10.1 Å². The standard InChI is InChI=1S/C23H26N2O3/c1-6-28-21-12-7-17(14-22(21)27-5)13-20-16(4)24-25(23(20)26)19-10-8-18(9-11-19)15(2)3/h7-15H,6H2,1-5H3/b20-13-. The van der Waals surface area contributed by atoms with Gasteiger partial charge in [0.25, 0.3) is 5.91 Å². The first-order valence-corrected chi connectivity index (χ1v) is 9.47. The van der Waals surface area contributed by atoms with Crippen LogP contribution in [0.3, 0.4) is 0 Å². The Labute approximate surface area is 166 Å². The highest BCUT2D eigenvalue weighted by atomic mass is 16.5. The predicted molar refractivity (Wildman–Crippen MR) is 113 cm³/mol. The van der Waals surface area contributed by atoms with E-state index in [2.05, 4.69) is 18.9 Å². The lowest BCUT2D eigenvalue weighted by atomic mass is 10.0. The molecular formula is C23H26N2O3. The highest BCUT2D eigenvalue weighted by Crippen LogP contribution is 2.31. The molecule has 0 saturated heterocycles. The SMILES string of the molecule is CCOc1ccc(/C=C2\C(=O)N(c3ccc(C(C)C)cc3)N=C2C)cc1OC. The van der Waals surface area contributed by atoms with Gasteiger partial charge in [-0.3, -0.25) is 4.79 Å². The topological polar surface area (TPSA) is 51.1 Å². The Kier molecular flexibility index (Phi) is 5.83. The Morgan fingerprint density at radius 2 is 1.82 bits per heavy atom. The third kappa shape index (κ3) is 3.93. The average Bonchev–Trinajstić information content (AvgIpc) is 2.97. The molecule has 1 aliphatic heterocycles. The number of carbonyl (C=O) groups excluding carboxylic acids is 1. The molecule has 0 saturated carbocycles. The van der Waals surface area contributed by atoms with Gasteiger partial charge in [0.05, 0.1) is 30.7 Å². The minimum Gasteiger partial charge on any atom is -0.493 e. The molecule has 28 heavy (non-hydrogen) atoms. The monoisotopic (exact) mass is 378 g/mol. The minimum atomic E-state index is -0.136. The smallest absolute Gasteiger partial charge is 0.280 e. The fourth-order valence-corrected chi connectivity index (χ4v) is 3.08. The van der Waals surface area contributed by atoms with Gasteiger partial charge in [0, 0.05) is 0 Å². The van der Waals surface area contributed by atoms with Crippen LogP contribution >= 0.6 is 0 Å². The van der Waals surface area contributed by atoms with E-state index in [4.69, 9.17) is 9.47 Å². The molecule has 0 unspecified atom stereocenters. The van der Waals surface area contributed by atoms with E-state index in [1.165, 1.54) is 10.6 Å². The summed E-state index contributed by atoms with van der Waals surface area (Å²) in [7, 11) is 1.60. The van der Waals surface area contributed by atoms with Crippen LogP contribution < -0.4 is 14.5 Å². The van der Waals surface area contributed by atoms with E-state index in [1.807, 2.05) is 62.4 Å². The van der Waals surface area contributed by atoms with Gasteiger partial charge in [-0.1, -0.05) is 32.0 Å². The van der Waals surface area contributed by atoms with E-state index in [9.17, 15) is 4.79 Å². The van der Waals surface area contributed by atoms with Crippen molar-refractivity contribution in [2.75, 3.05) is 18.7 Å². The second kappa shape index (κ2) is 8.30. The van der Waals surface area contributed by atoms with Gasteiger partial charge in [-0.15, -0.1) is 0 Å². The van der Waals surface area contributed by atoms with E-state index in [1.54, 1.807) is 7.11 Å². The van der Waals surface area contributed by atoms with Gasteiger partial charge in [0.2, 0.25) is 0 Å². The molecule has 0 bridgehead atoms. The molecular weight excluding hydrogens is 352 g/mol. The van der Waals surface area contributed by atoms with Crippen LogP contribution in [0.2, 0.25) is 0 Å². The average molecular weight is 378 g/mol. The highest BCUT2D eigenvalue weighted by molar-refractivity contribution is 6.32. The quantitative estimate of drug-likeness (QED) is 0.663. The summed E-state index contributed by atoms with van der Waals surface area (Å²) in [6.45, 7) is 8.62. The van der Waals surface area contributed by atoms with Crippen molar-refractivity contribution in [3.05, 3.63) is 59.2 Å². The first kappa shape index (κ1) is 19.7. The number of carbonyl (C=O) groups is 1. The largest absolute Gasteiger partial charge is 0.493 e. The van der Waals surface area contributed by atoms with E-state index in [0.29, 0.717) is 35.3 Å². The van der Waals surface area contributed by atoms with Crippen LogP contribution in [0.4, 0.5) is 5.69 Å². The summed E-state index contributed by atoms with van der Waals surface area (Å²) >= 11 is 0. The molecule has 2 aromatic carbocycles. The van der Waals surface area contributed by atoms with E-state index < -0.39 is 0 Å². The Morgan fingerprint density at radius 3 is 2.43 bits per heavy atom. The van der Waals surface area contributed by atoms with Crippen LogP contribution in [0.15, 0.2) is 53.1 Å². The molecule has 1 aliphatic rings. The van der Waals surface area contributed by atoms with Crippen molar-refractivity contribution >= 4 is 23.4 Å². The number of methoxy groups -OCH3 is 1. The Hall–Kier alpha value is -3.08. The van der Waals surface area contributed by atoms with Crippen molar-refractivity contribution in [1.29, 1.82) is 0 Å². The maximum Gasteiger partial charge on any atom is 0.280 e. The van der Waals surface area contributed by atoms with Gasteiger partial charge >= 0.3 is 0 Å². The Bertz CT molecular complexity index is 927. The predicted octanol–water partition coefficient (Wildman–Crippen LogP) is 5.02. The van der Waals surface area contributed by atoms with Gasteiger partial charge < -0.3 is 9.47 Å². The lowest BCUT2D eigenvalue weighted by Gasteiger charge is -2.13. The van der Waals surface area contributed by atoms with Gasteiger partial charge in [0.1, 0.15) is 0 Å². The molecule has 1 heterocycles. The zero-order valence-electron chi connectivity index (χ0n) is 17.0. The van der Waals surface area contributed by atoms with Crippen LogP contribution in [0, 0.1) is 0 Å². The van der Waals surface area contributed by atoms with E-state index in [0.717, 1.165) is 11.3 Å². The number of rotatable bonds is 6. The fraction of sp³-hybridized carbons (Fsp3) is 0.304. The molecule has 5 heteroatoms. The second-order valence-corrected chi connectivity index (χ2v) is 6.95. The number of benzene rings is 2. The summed E-state index contributed by atoms with van der Waals surface area (Å²) in [5.41, 5.74) is 4.11. The lowest BCUT2D eigenvalue weighted by Crippen LogP contribution is -2.21. The van der Waals surface area contributed by atoms with E-state index >= 15 is 0 Å². The van der Waals surface area contributed by atoms with Crippen LogP contribution in [0.1, 0.15) is 44.7 Å². The van der Waals surface area contributed by atoms with Gasteiger partial charge in [-0.25, -0.2) is 0 Å². The van der Waals surface area contributed by atoms with Crippen molar-refractivity contribution < 1.29 is 14.3 Å². The van der Waals surface area contributed by atoms with Crippen LogP contribution in [0.25, 0.3) is 6.08 Å². The molecule has 3 rings (SSSR count). The molecule has 0 atom stereocenters. The molecule has 0 N–H and O–H groups in total. The fourth-order valence-electron chi connectivity index (χ4n) is 3.08. The van der Waals surface area contributed by atoms with Crippen molar-refractivity contribution in [2.24, 2.45) is 5.10 Å². The molecule has 2 aromatic rings. The number of hydrogen-bond donors (Lipinski definition) is 0. The number of hydrazone groups is 1. The third-order valence-electron chi connectivity index (χ3n) is 4.67. The number of nitrogens with zero attached hydrogens (tertiary/aromatic N) is 2. The molecule has 1 amide bonds. The van der Waals surface area contributed by atoms with E-state index in [-0.39, 0.29) is 5.91 Å². The summed E-state index contributed by atoms with van der Waals surface area (Å²) in [6, 6.07) is 13.6. The van der Waals surface area contributed by atoms with Crippen molar-refractivity contribution in [3.8, 4) is 11.5 Å². The van der Waals surface area contributed by atoms with Gasteiger partial charge in [0.15, 0.2) is 11.5 Å². The van der Waals surface area contributed by atoms with Crippen LogP contribution in [-0.4, -0.2) is 25.3 Å². The van der Waals surface area contributed by atoms with Crippen molar-refractivity contribution in [2.45, 2.75) is 33.6 Å². The molecule has 0 radical (unpaired) electrons. The van der Waals surface area contributed by atoms with Crippen LogP contribution in [0.5, 0.6) is 11.5 Å². The summed E-state index contributed by atoms with van der Waals surface area (Å²) < 4.78 is 10.9. The second-order valence-electron chi connectivity index (χ2n) is 6.95. The number of ether oxygens (including phenoxy) is 2.